The summed E-state index contributed by atoms with van der Waals surface area (Å²) in [4.78, 5) is 24.9. The zero-order valence-electron chi connectivity index (χ0n) is 28.4. The predicted octanol–water partition coefficient (Wildman–Crippen LogP) is 11.8. The maximum Gasteiger partial charge on any atom is 0.460 e. The SMILES string of the molecule is CCCC(CC)(OC(=O)CC(=O)OC(CC)(CCC)C(F)(F)C(F)(F)C(F)(F)C(F)(F)C(F)(F)C(F)(F)F)C(F)(F)C(F)(F)C(F)(F)C(F)(F)C(F)(F)C(F)(F)F. The molecule has 0 saturated carbocycles. The van der Waals surface area contributed by atoms with E-state index in [9.17, 15) is 106 Å². The topological polar surface area (TPSA) is 52.6 Å². The van der Waals surface area contributed by atoms with Crippen LogP contribution in [0, 0.1) is 0 Å². The lowest BCUT2D eigenvalue weighted by molar-refractivity contribution is -0.450. The molecule has 0 bridgehead atoms. The molecule has 4 nitrogen and oxygen atoms in total. The van der Waals surface area contributed by atoms with Crippen molar-refractivity contribution in [2.45, 2.75) is 155 Å². The van der Waals surface area contributed by atoms with E-state index in [1.54, 1.807) is 0 Å². The van der Waals surface area contributed by atoms with Crippen molar-refractivity contribution in [2.75, 3.05) is 0 Å². The number of halogens is 26. The Hall–Kier alpha value is -2.88. The van der Waals surface area contributed by atoms with Crippen molar-refractivity contribution in [3.8, 4) is 0 Å². The fraction of sp³-hybridized carbons (Fsp3) is 0.926. The van der Waals surface area contributed by atoms with Crippen LogP contribution in [0.1, 0.15) is 72.6 Å². The molecular formula is C27H26F26O4. The number of carbonyl (C=O) groups excluding carboxylic acids is 2. The highest BCUT2D eigenvalue weighted by Crippen LogP contribution is 2.65. The molecule has 0 aliphatic rings. The van der Waals surface area contributed by atoms with E-state index in [0.29, 0.717) is 13.8 Å². The Morgan fingerprint density at radius 3 is 0.702 bits per heavy atom. The lowest BCUT2D eigenvalue weighted by Gasteiger charge is -2.46. The average Bonchev–Trinajstić information content (AvgIpc) is 3.01. The lowest BCUT2D eigenvalue weighted by Crippen LogP contribution is -2.74. The first-order valence-electron chi connectivity index (χ1n) is 15.1. The lowest BCUT2D eigenvalue weighted by atomic mass is 9.80. The van der Waals surface area contributed by atoms with Gasteiger partial charge in [0.25, 0.3) is 0 Å². The van der Waals surface area contributed by atoms with E-state index in [1.165, 1.54) is 0 Å². The molecule has 0 aliphatic carbocycles. The number of rotatable bonds is 20. The Morgan fingerprint density at radius 2 is 0.526 bits per heavy atom. The fourth-order valence-corrected chi connectivity index (χ4v) is 5.03. The highest BCUT2D eigenvalue weighted by Gasteiger charge is 2.94. The van der Waals surface area contributed by atoms with E-state index in [-0.39, 0.29) is 13.8 Å². The third-order valence-corrected chi connectivity index (χ3v) is 8.37. The third-order valence-electron chi connectivity index (χ3n) is 8.37. The van der Waals surface area contributed by atoms with Crippen LogP contribution in [0.2, 0.25) is 0 Å². The second kappa shape index (κ2) is 15.6. The first-order chi connectivity index (χ1) is 24.7. The normalized spacial score (nSPS) is 17.5. The summed E-state index contributed by atoms with van der Waals surface area (Å²) in [5.41, 5.74) is -9.65. The standard InChI is InChI=1S/C27H26F26O4/c1-5-9-14(7-3,16(28,29)18(32,33)20(36,37)22(40,41)24(44,45)26(48,49)50)56-12(54)11-13(55)57-15(8-4,10-6-2)17(30,31)19(34,35)21(38,39)23(42,43)25(46,47)27(51,52)53/h5-11H2,1-4H3. The summed E-state index contributed by atoms with van der Waals surface area (Å²) in [6.45, 7) is 1.49. The van der Waals surface area contributed by atoms with Gasteiger partial charge in [0, 0.05) is 0 Å². The van der Waals surface area contributed by atoms with E-state index in [4.69, 9.17) is 0 Å². The molecule has 57 heavy (non-hydrogen) atoms. The van der Waals surface area contributed by atoms with Crippen molar-refractivity contribution in [1.82, 2.24) is 0 Å². The molecule has 2 unspecified atom stereocenters. The molecule has 0 amide bonds. The maximum atomic E-state index is 15.3. The van der Waals surface area contributed by atoms with Crippen molar-refractivity contribution < 1.29 is 133 Å². The number of hydrogen-bond donors (Lipinski definition) is 0. The summed E-state index contributed by atoms with van der Waals surface area (Å²) in [6.07, 6.45) is -28.9. The van der Waals surface area contributed by atoms with E-state index in [2.05, 4.69) is 9.47 Å². The van der Waals surface area contributed by atoms with Gasteiger partial charge in [-0.3, -0.25) is 9.59 Å². The monoisotopic (exact) mass is 908 g/mol. The zero-order chi connectivity index (χ0) is 46.5. The van der Waals surface area contributed by atoms with E-state index >= 15 is 17.6 Å². The Balaban J connectivity index is 7.22. The molecule has 0 aromatic carbocycles. The molecule has 0 rings (SSSR count). The molecule has 30 heteroatoms. The summed E-state index contributed by atoms with van der Waals surface area (Å²) in [5, 5.41) is 0. The van der Waals surface area contributed by atoms with Crippen molar-refractivity contribution in [3.63, 3.8) is 0 Å². The molecule has 0 spiro atoms. The number of ether oxygens (including phenoxy) is 2. The average molecular weight is 908 g/mol. The summed E-state index contributed by atoms with van der Waals surface area (Å²) < 4.78 is 367. The number of carbonyl (C=O) groups is 2. The summed E-state index contributed by atoms with van der Waals surface area (Å²) in [6, 6.07) is 0. The molecular weight excluding hydrogens is 882 g/mol. The Bertz CT molecular complexity index is 1310. The number of esters is 2. The van der Waals surface area contributed by atoms with Crippen LogP contribution < -0.4 is 0 Å². The van der Waals surface area contributed by atoms with Gasteiger partial charge in [-0.1, -0.05) is 40.5 Å². The molecule has 0 aliphatic heterocycles. The van der Waals surface area contributed by atoms with E-state index in [0.717, 1.165) is 0 Å². The Kier molecular flexibility index (Phi) is 14.8. The Labute approximate surface area is 301 Å². The highest BCUT2D eigenvalue weighted by atomic mass is 19.4. The van der Waals surface area contributed by atoms with E-state index < -0.39 is 140 Å². The predicted molar refractivity (Wildman–Crippen MR) is 134 cm³/mol. The van der Waals surface area contributed by atoms with Crippen LogP contribution in [0.25, 0.3) is 0 Å². The number of hydrogen-bond acceptors (Lipinski definition) is 4. The first kappa shape index (κ1) is 54.1. The smallest absolute Gasteiger partial charge is 0.452 e. The van der Waals surface area contributed by atoms with Crippen LogP contribution in [0.15, 0.2) is 0 Å². The third kappa shape index (κ3) is 7.83. The van der Waals surface area contributed by atoms with Gasteiger partial charge in [-0.15, -0.1) is 0 Å². The van der Waals surface area contributed by atoms with Crippen LogP contribution in [-0.4, -0.2) is 94.7 Å². The van der Waals surface area contributed by atoms with Gasteiger partial charge in [-0.05, 0) is 25.7 Å². The zero-order valence-corrected chi connectivity index (χ0v) is 28.4. The summed E-state index contributed by atoms with van der Waals surface area (Å²) in [7, 11) is 0. The van der Waals surface area contributed by atoms with Crippen molar-refractivity contribution in [1.29, 1.82) is 0 Å². The molecule has 0 aromatic heterocycles. The molecule has 0 N–H and O–H groups in total. The van der Waals surface area contributed by atoms with Gasteiger partial charge in [-0.25, -0.2) is 0 Å². The van der Waals surface area contributed by atoms with Crippen LogP contribution in [-0.2, 0) is 19.1 Å². The van der Waals surface area contributed by atoms with Crippen molar-refractivity contribution in [2.24, 2.45) is 0 Å². The molecule has 0 radical (unpaired) electrons. The van der Waals surface area contributed by atoms with Crippen LogP contribution in [0.5, 0.6) is 0 Å². The molecule has 0 saturated heterocycles. The molecule has 2 atom stereocenters. The fourth-order valence-electron chi connectivity index (χ4n) is 5.03. The molecule has 0 heterocycles. The van der Waals surface area contributed by atoms with Crippen LogP contribution in [0.4, 0.5) is 114 Å². The van der Waals surface area contributed by atoms with Gasteiger partial charge >= 0.3 is 83.5 Å². The van der Waals surface area contributed by atoms with Crippen molar-refractivity contribution >= 4 is 11.9 Å². The van der Waals surface area contributed by atoms with Crippen LogP contribution in [0.3, 0.4) is 0 Å². The van der Waals surface area contributed by atoms with Gasteiger partial charge < -0.3 is 9.47 Å². The van der Waals surface area contributed by atoms with Gasteiger partial charge in [0.05, 0.1) is 0 Å². The molecule has 340 valence electrons. The minimum atomic E-state index is -8.46. The second-order valence-electron chi connectivity index (χ2n) is 12.1. The van der Waals surface area contributed by atoms with Crippen molar-refractivity contribution in [3.05, 3.63) is 0 Å². The minimum absolute atomic E-state index is 0.135. The van der Waals surface area contributed by atoms with Gasteiger partial charge in [0.2, 0.25) is 0 Å². The quantitative estimate of drug-likeness (QED) is 0.0694. The number of alkyl halides is 26. The van der Waals surface area contributed by atoms with Gasteiger partial charge in [0.15, 0.2) is 11.2 Å². The molecule has 0 fully saturated rings. The van der Waals surface area contributed by atoms with Gasteiger partial charge in [-0.2, -0.15) is 114 Å². The van der Waals surface area contributed by atoms with E-state index in [1.807, 2.05) is 0 Å². The summed E-state index contributed by atoms with van der Waals surface area (Å²) in [5.74, 6) is -86.9. The summed E-state index contributed by atoms with van der Waals surface area (Å²) >= 11 is 0. The Morgan fingerprint density at radius 1 is 0.333 bits per heavy atom. The first-order valence-corrected chi connectivity index (χ1v) is 15.1. The maximum absolute atomic E-state index is 15.3. The van der Waals surface area contributed by atoms with Gasteiger partial charge in [0.1, 0.15) is 6.42 Å². The largest absolute Gasteiger partial charge is 0.460 e. The highest BCUT2D eigenvalue weighted by molar-refractivity contribution is 5.91. The molecule has 0 aromatic rings. The minimum Gasteiger partial charge on any atom is -0.452 e. The van der Waals surface area contributed by atoms with Crippen LogP contribution >= 0.6 is 0 Å². The second-order valence-corrected chi connectivity index (χ2v) is 12.1.